The molecule has 2 aliphatic rings. The second-order valence-electron chi connectivity index (χ2n) is 12.5. The lowest BCUT2D eigenvalue weighted by atomic mass is 9.84. The van der Waals surface area contributed by atoms with Crippen molar-refractivity contribution in [3.63, 3.8) is 0 Å². The van der Waals surface area contributed by atoms with E-state index in [0.29, 0.717) is 12.0 Å². The van der Waals surface area contributed by atoms with Crippen LogP contribution in [-0.2, 0) is 58.8 Å². The van der Waals surface area contributed by atoms with Crippen molar-refractivity contribution in [3.05, 3.63) is 35.4 Å². The first kappa shape index (κ1) is 41.6. The van der Waals surface area contributed by atoms with Gasteiger partial charge < -0.3 is 56.8 Å². The van der Waals surface area contributed by atoms with Crippen molar-refractivity contribution >= 4 is 29.8 Å². The molecule has 7 atom stereocenters. The summed E-state index contributed by atoms with van der Waals surface area (Å²) in [6.07, 6.45) is -5.16. The monoisotopic (exact) mass is 762 g/mol. The number of rotatable bonds is 15. The van der Waals surface area contributed by atoms with Gasteiger partial charge in [0.2, 0.25) is 11.5 Å². The van der Waals surface area contributed by atoms with Crippen LogP contribution in [0.5, 0.6) is 34.5 Å². The van der Waals surface area contributed by atoms with Crippen LogP contribution in [0.3, 0.4) is 0 Å². The number of carbonyl (C=O) groups is 5. The maximum Gasteiger partial charge on any atom is 0.308 e. The zero-order valence-electron chi connectivity index (χ0n) is 31.6. The van der Waals surface area contributed by atoms with Gasteiger partial charge in [-0.2, -0.15) is 0 Å². The topological polar surface area (TPSA) is 196 Å². The Bertz CT molecular complexity index is 1640. The minimum absolute atomic E-state index is 0.0566. The third-order valence-corrected chi connectivity index (χ3v) is 8.56. The van der Waals surface area contributed by atoms with Gasteiger partial charge in [-0.25, -0.2) is 0 Å². The van der Waals surface area contributed by atoms with Gasteiger partial charge in [0.25, 0.3) is 0 Å². The Balaban J connectivity index is 1.74. The molecule has 2 heterocycles. The average molecular weight is 763 g/mol. The van der Waals surface area contributed by atoms with Crippen molar-refractivity contribution in [2.24, 2.45) is 11.8 Å². The molecule has 0 bridgehead atoms. The van der Waals surface area contributed by atoms with Crippen LogP contribution in [0.2, 0.25) is 0 Å². The molecule has 0 amide bonds. The van der Waals surface area contributed by atoms with Crippen molar-refractivity contribution < 1.29 is 80.8 Å². The minimum atomic E-state index is -1.31. The Hall–Kier alpha value is -5.13. The third kappa shape index (κ3) is 10.3. The number of hydrogen-bond donors (Lipinski definition) is 0. The lowest BCUT2D eigenvalue weighted by Gasteiger charge is -2.40. The summed E-state index contributed by atoms with van der Waals surface area (Å²) in [5.41, 5.74) is 1.36. The van der Waals surface area contributed by atoms with Crippen LogP contribution in [0.15, 0.2) is 24.3 Å². The minimum Gasteiger partial charge on any atom is -0.493 e. The van der Waals surface area contributed by atoms with Gasteiger partial charge in [-0.05, 0) is 47.7 Å². The van der Waals surface area contributed by atoms with E-state index in [1.165, 1.54) is 63.1 Å². The van der Waals surface area contributed by atoms with Crippen LogP contribution in [0.4, 0.5) is 0 Å². The SMILES string of the molecule is COc1cc(C[C@H]2CO[C@H](c3cc(OC)c(OC(C)=O)c(OC)c3)[C@H]2CO[C@@H]2OC[C@@H](OC(C)=O)[C@H](OC(C)=O)[C@H]2OC(C)=O)cc(OC)c1OC(C)=O. The van der Waals surface area contributed by atoms with Gasteiger partial charge in [-0.15, -0.1) is 0 Å². The van der Waals surface area contributed by atoms with E-state index in [9.17, 15) is 24.0 Å². The van der Waals surface area contributed by atoms with Gasteiger partial charge in [-0.1, -0.05) is 0 Å². The summed E-state index contributed by atoms with van der Waals surface area (Å²) in [6.45, 7) is 6.00. The molecule has 2 aromatic carbocycles. The van der Waals surface area contributed by atoms with Crippen LogP contribution >= 0.6 is 0 Å². The summed E-state index contributed by atoms with van der Waals surface area (Å²) < 4.78 is 68.0. The van der Waals surface area contributed by atoms with Crippen molar-refractivity contribution in [1.29, 1.82) is 0 Å². The zero-order valence-corrected chi connectivity index (χ0v) is 31.6. The number of benzene rings is 2. The first-order valence-electron chi connectivity index (χ1n) is 16.9. The van der Waals surface area contributed by atoms with E-state index in [1.54, 1.807) is 24.3 Å². The molecule has 0 aliphatic carbocycles. The Morgan fingerprint density at radius 3 is 1.56 bits per heavy atom. The van der Waals surface area contributed by atoms with E-state index >= 15 is 0 Å². The molecule has 2 fully saturated rings. The number of ether oxygens (including phenoxy) is 12. The number of hydrogen-bond acceptors (Lipinski definition) is 17. The summed E-state index contributed by atoms with van der Waals surface area (Å²) in [6, 6.07) is 6.79. The highest BCUT2D eigenvalue weighted by atomic mass is 16.7. The van der Waals surface area contributed by atoms with Crippen molar-refractivity contribution in [3.8, 4) is 34.5 Å². The predicted molar refractivity (Wildman–Crippen MR) is 183 cm³/mol. The summed E-state index contributed by atoms with van der Waals surface area (Å²) in [7, 11) is 5.72. The maximum atomic E-state index is 12.3. The van der Waals surface area contributed by atoms with Gasteiger partial charge >= 0.3 is 29.8 Å². The molecular weight excluding hydrogens is 716 g/mol. The highest BCUT2D eigenvalue weighted by Gasteiger charge is 2.49. The Labute approximate surface area is 312 Å². The highest BCUT2D eigenvalue weighted by molar-refractivity contribution is 5.73. The van der Waals surface area contributed by atoms with E-state index in [1.807, 2.05) is 0 Å². The van der Waals surface area contributed by atoms with E-state index in [2.05, 4.69) is 0 Å². The zero-order chi connectivity index (χ0) is 39.7. The van der Waals surface area contributed by atoms with Crippen LogP contribution < -0.4 is 28.4 Å². The largest absolute Gasteiger partial charge is 0.493 e. The quantitative estimate of drug-likeness (QED) is 0.145. The Kier molecular flexibility index (Phi) is 14.5. The van der Waals surface area contributed by atoms with Crippen LogP contribution in [0.1, 0.15) is 51.8 Å². The van der Waals surface area contributed by atoms with Crippen molar-refractivity contribution in [2.45, 2.75) is 71.7 Å². The lowest BCUT2D eigenvalue weighted by Crippen LogP contribution is -2.58. The van der Waals surface area contributed by atoms with E-state index < -0.39 is 66.5 Å². The molecule has 4 rings (SSSR count). The lowest BCUT2D eigenvalue weighted by molar-refractivity contribution is -0.284. The highest BCUT2D eigenvalue weighted by Crippen LogP contribution is 2.47. The fourth-order valence-corrected chi connectivity index (χ4v) is 6.46. The van der Waals surface area contributed by atoms with E-state index in [-0.39, 0.29) is 60.2 Å². The normalized spacial score (nSPS) is 23.4. The molecule has 0 radical (unpaired) electrons. The fourth-order valence-electron chi connectivity index (χ4n) is 6.46. The first-order chi connectivity index (χ1) is 25.7. The number of esters is 5. The fraction of sp³-hybridized carbons (Fsp3) is 0.541. The standard InChI is InChI=1S/C37H46O17/c1-18(38)50-31-17-49-37(36(54-22(5)42)35(31)53-21(4)41)48-16-26-25(10-23-11-27(43-6)33(51-19(2)39)28(12-23)44-7)15-47-32(26)24-13-29(45-8)34(52-20(3)40)30(14-24)46-9/h11-14,25-26,31-32,35-37H,10,15-17H2,1-9H3/t25-,26-,31+,32+,35-,36+,37+/m0/s1. The Morgan fingerprint density at radius 2 is 1.09 bits per heavy atom. The van der Waals surface area contributed by atoms with E-state index in [0.717, 1.165) is 5.56 Å². The van der Waals surface area contributed by atoms with Crippen molar-refractivity contribution in [2.75, 3.05) is 48.3 Å². The summed E-state index contributed by atoms with van der Waals surface area (Å²) >= 11 is 0. The molecule has 0 saturated carbocycles. The summed E-state index contributed by atoms with van der Waals surface area (Å²) in [4.78, 5) is 60.0. The number of methoxy groups -OCH3 is 4. The summed E-state index contributed by atoms with van der Waals surface area (Å²) in [5, 5.41) is 0. The molecule has 54 heavy (non-hydrogen) atoms. The van der Waals surface area contributed by atoms with E-state index in [4.69, 9.17) is 56.8 Å². The van der Waals surface area contributed by atoms with Crippen LogP contribution in [-0.4, -0.2) is 103 Å². The second kappa shape index (κ2) is 18.8. The van der Waals surface area contributed by atoms with Crippen LogP contribution in [0.25, 0.3) is 0 Å². The van der Waals surface area contributed by atoms with Gasteiger partial charge in [0.15, 0.2) is 47.6 Å². The molecule has 296 valence electrons. The molecule has 2 aliphatic heterocycles. The predicted octanol–water partition coefficient (Wildman–Crippen LogP) is 3.29. The molecule has 0 spiro atoms. The molecule has 0 N–H and O–H groups in total. The molecule has 0 unspecified atom stereocenters. The van der Waals surface area contributed by atoms with Gasteiger partial charge in [-0.3, -0.25) is 24.0 Å². The van der Waals surface area contributed by atoms with Gasteiger partial charge in [0.05, 0.1) is 54.4 Å². The van der Waals surface area contributed by atoms with Crippen molar-refractivity contribution in [1.82, 2.24) is 0 Å². The smallest absolute Gasteiger partial charge is 0.308 e. The molecule has 2 aromatic rings. The molecular formula is C37H46O17. The maximum absolute atomic E-state index is 12.3. The first-order valence-corrected chi connectivity index (χ1v) is 16.9. The molecule has 0 aromatic heterocycles. The molecule has 17 nitrogen and oxygen atoms in total. The number of carbonyl (C=O) groups excluding carboxylic acids is 5. The second-order valence-corrected chi connectivity index (χ2v) is 12.5. The average Bonchev–Trinajstić information content (AvgIpc) is 3.50. The van der Waals surface area contributed by atoms with Crippen LogP contribution in [0, 0.1) is 11.8 Å². The molecule has 17 heteroatoms. The summed E-state index contributed by atoms with van der Waals surface area (Å²) in [5.74, 6) is -2.73. The Morgan fingerprint density at radius 1 is 0.611 bits per heavy atom. The third-order valence-electron chi connectivity index (χ3n) is 8.56. The molecule has 2 saturated heterocycles. The van der Waals surface area contributed by atoms with Gasteiger partial charge in [0, 0.05) is 40.5 Å². The van der Waals surface area contributed by atoms with Gasteiger partial charge in [0.1, 0.15) is 0 Å².